The molecule has 1 atom stereocenters. The molecule has 2 aromatic rings. The number of nitrogens with one attached hydrogen (secondary N) is 1. The van der Waals surface area contributed by atoms with E-state index in [2.05, 4.69) is 5.32 Å². The van der Waals surface area contributed by atoms with Gasteiger partial charge in [-0.25, -0.2) is 4.79 Å². The average molecular weight is 397 g/mol. The molecule has 0 bridgehead atoms. The lowest BCUT2D eigenvalue weighted by Gasteiger charge is -2.21. The van der Waals surface area contributed by atoms with Crippen LogP contribution in [0.3, 0.4) is 0 Å². The summed E-state index contributed by atoms with van der Waals surface area (Å²) in [5, 5.41) is 2.74. The Kier molecular flexibility index (Phi) is 4.37. The fourth-order valence-electron chi connectivity index (χ4n) is 3.84. The Morgan fingerprint density at radius 2 is 1.90 bits per heavy atom. The van der Waals surface area contributed by atoms with Crippen LogP contribution in [0.2, 0.25) is 0 Å². The van der Waals surface area contributed by atoms with E-state index >= 15 is 0 Å². The second kappa shape index (κ2) is 6.65. The van der Waals surface area contributed by atoms with Crippen LogP contribution in [0.1, 0.15) is 34.2 Å². The molecule has 2 aliphatic rings. The number of aryl methyl sites for hydroxylation is 1. The summed E-state index contributed by atoms with van der Waals surface area (Å²) >= 11 is 0. The van der Waals surface area contributed by atoms with Gasteiger partial charge in [0.15, 0.2) is 17.3 Å². The number of hydrogen-bond donors (Lipinski definition) is 1. The van der Waals surface area contributed by atoms with Crippen LogP contribution in [0.5, 0.6) is 11.5 Å². The Hall–Kier alpha value is -3.29. The summed E-state index contributed by atoms with van der Waals surface area (Å²) in [6.07, 6.45) is 0.280. The predicted octanol–water partition coefficient (Wildman–Crippen LogP) is 2.11. The molecule has 4 rings (SSSR count). The number of imide groups is 1. The van der Waals surface area contributed by atoms with E-state index in [1.807, 2.05) is 31.5 Å². The first-order chi connectivity index (χ1) is 13.7. The number of urea groups is 1. The van der Waals surface area contributed by atoms with E-state index in [1.54, 1.807) is 25.1 Å². The highest BCUT2D eigenvalue weighted by Gasteiger charge is 2.48. The molecule has 29 heavy (non-hydrogen) atoms. The smallest absolute Gasteiger partial charge is 0.325 e. The molecule has 152 valence electrons. The summed E-state index contributed by atoms with van der Waals surface area (Å²) in [4.78, 5) is 39.3. The van der Waals surface area contributed by atoms with Crippen molar-refractivity contribution in [1.82, 2.24) is 14.8 Å². The van der Waals surface area contributed by atoms with Crippen molar-refractivity contribution in [3.63, 3.8) is 0 Å². The van der Waals surface area contributed by atoms with Crippen molar-refractivity contribution in [2.24, 2.45) is 7.05 Å². The molecule has 0 unspecified atom stereocenters. The molecule has 0 saturated carbocycles. The molecular weight excluding hydrogens is 374 g/mol. The second-order valence-electron chi connectivity index (χ2n) is 7.78. The summed E-state index contributed by atoms with van der Waals surface area (Å²) < 4.78 is 12.6. The average Bonchev–Trinajstić information content (AvgIpc) is 3.30. The van der Waals surface area contributed by atoms with Crippen molar-refractivity contribution in [3.8, 4) is 11.5 Å². The van der Waals surface area contributed by atoms with Gasteiger partial charge in [-0.3, -0.25) is 14.5 Å². The first-order valence-corrected chi connectivity index (χ1v) is 9.38. The van der Waals surface area contributed by atoms with E-state index in [0.29, 0.717) is 17.1 Å². The highest BCUT2D eigenvalue weighted by molar-refractivity contribution is 6.11. The molecule has 8 heteroatoms. The topological polar surface area (TPSA) is 89.9 Å². The van der Waals surface area contributed by atoms with Crippen molar-refractivity contribution in [2.75, 3.05) is 13.3 Å². The summed E-state index contributed by atoms with van der Waals surface area (Å²) in [6.45, 7) is 5.29. The largest absolute Gasteiger partial charge is 0.454 e. The van der Waals surface area contributed by atoms with Gasteiger partial charge in [0, 0.05) is 30.4 Å². The van der Waals surface area contributed by atoms with E-state index in [1.165, 1.54) is 0 Å². The Morgan fingerprint density at radius 3 is 2.59 bits per heavy atom. The van der Waals surface area contributed by atoms with E-state index < -0.39 is 17.5 Å². The Balaban J connectivity index is 1.52. The molecule has 8 nitrogen and oxygen atoms in total. The molecule has 1 saturated heterocycles. The van der Waals surface area contributed by atoms with Gasteiger partial charge in [0.1, 0.15) is 5.54 Å². The third-order valence-electron chi connectivity index (χ3n) is 5.72. The highest BCUT2D eigenvalue weighted by atomic mass is 16.7. The fourth-order valence-corrected chi connectivity index (χ4v) is 3.84. The number of carbonyl (C=O) groups is 3. The molecule has 1 fully saturated rings. The zero-order valence-corrected chi connectivity index (χ0v) is 16.9. The van der Waals surface area contributed by atoms with Crippen LogP contribution in [-0.2, 0) is 18.3 Å². The van der Waals surface area contributed by atoms with Gasteiger partial charge < -0.3 is 19.4 Å². The van der Waals surface area contributed by atoms with Crippen molar-refractivity contribution >= 4 is 17.7 Å². The lowest BCUT2D eigenvalue weighted by molar-refractivity contribution is -0.130. The van der Waals surface area contributed by atoms with Crippen LogP contribution in [0.15, 0.2) is 24.3 Å². The first kappa shape index (κ1) is 19.0. The third-order valence-corrected chi connectivity index (χ3v) is 5.72. The highest BCUT2D eigenvalue weighted by Crippen LogP contribution is 2.34. The minimum Gasteiger partial charge on any atom is -0.454 e. The van der Waals surface area contributed by atoms with Gasteiger partial charge in [0.2, 0.25) is 6.79 Å². The van der Waals surface area contributed by atoms with Gasteiger partial charge in [-0.15, -0.1) is 0 Å². The molecule has 1 N–H and O–H groups in total. The number of aromatic nitrogens is 1. The number of ether oxygens (including phenoxy) is 2. The maximum absolute atomic E-state index is 13.0. The quantitative estimate of drug-likeness (QED) is 0.617. The lowest BCUT2D eigenvalue weighted by Crippen LogP contribution is -2.46. The molecule has 0 spiro atoms. The molecule has 3 amide bonds. The molecule has 3 heterocycles. The molecule has 0 aliphatic carbocycles. The van der Waals surface area contributed by atoms with Gasteiger partial charge in [-0.05, 0) is 44.5 Å². The number of carbonyl (C=O) groups excluding carboxylic acids is 3. The maximum Gasteiger partial charge on any atom is 0.325 e. The monoisotopic (exact) mass is 397 g/mol. The zero-order chi connectivity index (χ0) is 20.9. The predicted molar refractivity (Wildman–Crippen MR) is 104 cm³/mol. The maximum atomic E-state index is 13.0. The summed E-state index contributed by atoms with van der Waals surface area (Å²) in [6, 6.07) is 6.64. The Labute approximate surface area is 168 Å². The van der Waals surface area contributed by atoms with Crippen LogP contribution in [-0.4, -0.2) is 46.1 Å². The van der Waals surface area contributed by atoms with Crippen molar-refractivity contribution in [3.05, 3.63) is 46.8 Å². The second-order valence-corrected chi connectivity index (χ2v) is 7.78. The van der Waals surface area contributed by atoms with Gasteiger partial charge in [0.05, 0.1) is 6.54 Å². The van der Waals surface area contributed by atoms with Crippen LogP contribution in [0.4, 0.5) is 4.79 Å². The minimum absolute atomic E-state index is 0.167. The zero-order valence-electron chi connectivity index (χ0n) is 16.9. The number of rotatable bonds is 5. The van der Waals surface area contributed by atoms with Crippen molar-refractivity contribution in [2.45, 2.75) is 32.7 Å². The molecule has 1 aromatic heterocycles. The van der Waals surface area contributed by atoms with Gasteiger partial charge in [0.25, 0.3) is 5.91 Å². The minimum atomic E-state index is -1.13. The number of Topliss-reactive ketones (excluding diaryl/α,β-unsaturated/α-hetero) is 1. The number of fused-ring (bicyclic) bond motifs is 1. The lowest BCUT2D eigenvalue weighted by atomic mass is 9.92. The van der Waals surface area contributed by atoms with Crippen molar-refractivity contribution in [1.29, 1.82) is 0 Å². The van der Waals surface area contributed by atoms with Gasteiger partial charge >= 0.3 is 6.03 Å². The first-order valence-electron chi connectivity index (χ1n) is 9.38. The number of amides is 3. The SMILES string of the molecule is Cc1cc(C(=O)CN2C(=O)N[C@](C)(Cc3ccc4c(c3)OCO4)C2=O)c(C)n1C. The summed E-state index contributed by atoms with van der Waals surface area (Å²) in [7, 11) is 1.87. The number of ketones is 1. The van der Waals surface area contributed by atoms with Crippen molar-refractivity contribution < 1.29 is 23.9 Å². The molecule has 0 radical (unpaired) electrons. The normalized spacial score (nSPS) is 20.3. The summed E-state index contributed by atoms with van der Waals surface area (Å²) in [5.41, 5.74) is 1.97. The standard InChI is InChI=1S/C21H23N3O5/c1-12-7-15(13(2)23(12)4)16(25)10-24-19(26)21(3,22-20(24)27)9-14-5-6-17-18(8-14)29-11-28-17/h5-8H,9-11H2,1-4H3,(H,22,27)/t21-/m1/s1. The number of nitrogens with zero attached hydrogens (tertiary/aromatic N) is 2. The Bertz CT molecular complexity index is 1040. The third kappa shape index (κ3) is 3.14. The van der Waals surface area contributed by atoms with Gasteiger partial charge in [-0.1, -0.05) is 6.07 Å². The number of hydrogen-bond acceptors (Lipinski definition) is 5. The van der Waals surface area contributed by atoms with E-state index in [0.717, 1.165) is 21.9 Å². The van der Waals surface area contributed by atoms with E-state index in [4.69, 9.17) is 9.47 Å². The van der Waals surface area contributed by atoms with E-state index in [-0.39, 0.29) is 25.5 Å². The van der Waals surface area contributed by atoms with E-state index in [9.17, 15) is 14.4 Å². The van der Waals surface area contributed by atoms with Crippen LogP contribution >= 0.6 is 0 Å². The Morgan fingerprint density at radius 1 is 1.17 bits per heavy atom. The van der Waals surface area contributed by atoms with Crippen LogP contribution in [0, 0.1) is 13.8 Å². The molecule has 2 aliphatic heterocycles. The fraction of sp³-hybridized carbons (Fsp3) is 0.381. The van der Waals surface area contributed by atoms with Crippen LogP contribution in [0.25, 0.3) is 0 Å². The van der Waals surface area contributed by atoms with Crippen LogP contribution < -0.4 is 14.8 Å². The summed E-state index contributed by atoms with van der Waals surface area (Å²) in [5.74, 6) is 0.590. The number of benzene rings is 1. The van der Waals surface area contributed by atoms with Gasteiger partial charge in [-0.2, -0.15) is 0 Å². The molecule has 1 aromatic carbocycles. The molecular formula is C21H23N3O5.